The summed E-state index contributed by atoms with van der Waals surface area (Å²) in [4.78, 5) is 22.2. The van der Waals surface area contributed by atoms with Gasteiger partial charge in [-0.05, 0) is 37.6 Å². The first-order valence-electron chi connectivity index (χ1n) is 6.43. The Morgan fingerprint density at radius 2 is 2.40 bits per heavy atom. The topological polar surface area (TPSA) is 93.5 Å². The fourth-order valence-corrected chi connectivity index (χ4v) is 2.27. The highest BCUT2D eigenvalue weighted by Crippen LogP contribution is 2.29. The van der Waals surface area contributed by atoms with Crippen molar-refractivity contribution in [3.8, 4) is 5.75 Å². The number of carbonyl (C=O) groups is 1. The number of nitro groups is 1. The van der Waals surface area contributed by atoms with Gasteiger partial charge in [0.15, 0.2) is 5.75 Å². The predicted molar refractivity (Wildman–Crippen MR) is 73.9 cm³/mol. The maximum Gasteiger partial charge on any atom is 0.312 e. The lowest BCUT2D eigenvalue weighted by Crippen LogP contribution is -2.18. The van der Waals surface area contributed by atoms with E-state index in [0.29, 0.717) is 18.0 Å². The molecule has 7 heteroatoms. The number of benzene rings is 1. The molecule has 1 aromatic carbocycles. The van der Waals surface area contributed by atoms with Gasteiger partial charge < -0.3 is 15.4 Å². The maximum absolute atomic E-state index is 11.9. The van der Waals surface area contributed by atoms with Crippen molar-refractivity contribution in [2.75, 3.05) is 25.5 Å². The third kappa shape index (κ3) is 3.45. The second-order valence-electron chi connectivity index (χ2n) is 4.75. The molecule has 2 rings (SSSR count). The second-order valence-corrected chi connectivity index (χ2v) is 4.75. The van der Waals surface area contributed by atoms with E-state index < -0.39 is 4.92 Å². The molecule has 1 unspecified atom stereocenters. The number of amides is 1. The molecule has 2 N–H and O–H groups in total. The smallest absolute Gasteiger partial charge is 0.312 e. The zero-order valence-electron chi connectivity index (χ0n) is 11.2. The van der Waals surface area contributed by atoms with Gasteiger partial charge in [-0.2, -0.15) is 0 Å². The molecule has 0 radical (unpaired) electrons. The number of hydrogen-bond acceptors (Lipinski definition) is 5. The SMILES string of the molecule is COc1ccc(NC(=O)CC2CCNC2)cc1[N+](=O)[O-]. The molecule has 0 bridgehead atoms. The van der Waals surface area contributed by atoms with Crippen LogP contribution in [-0.2, 0) is 4.79 Å². The third-order valence-electron chi connectivity index (χ3n) is 3.30. The first-order valence-corrected chi connectivity index (χ1v) is 6.43. The van der Waals surface area contributed by atoms with E-state index in [9.17, 15) is 14.9 Å². The van der Waals surface area contributed by atoms with Crippen LogP contribution in [-0.4, -0.2) is 31.0 Å². The number of hydrogen-bond donors (Lipinski definition) is 2. The summed E-state index contributed by atoms with van der Waals surface area (Å²) in [7, 11) is 1.37. The summed E-state index contributed by atoms with van der Waals surface area (Å²) in [5.41, 5.74) is 0.251. The minimum atomic E-state index is -0.532. The van der Waals surface area contributed by atoms with Crippen molar-refractivity contribution in [1.82, 2.24) is 5.32 Å². The van der Waals surface area contributed by atoms with E-state index in [-0.39, 0.29) is 17.3 Å². The largest absolute Gasteiger partial charge is 0.490 e. The van der Waals surface area contributed by atoms with Crippen molar-refractivity contribution >= 4 is 17.3 Å². The first-order chi connectivity index (χ1) is 9.60. The molecule has 0 aromatic heterocycles. The van der Waals surface area contributed by atoms with Gasteiger partial charge in [-0.3, -0.25) is 14.9 Å². The molecule has 0 spiro atoms. The van der Waals surface area contributed by atoms with Crippen molar-refractivity contribution in [1.29, 1.82) is 0 Å². The number of methoxy groups -OCH3 is 1. The molecule has 1 aromatic rings. The number of rotatable bonds is 5. The van der Waals surface area contributed by atoms with Gasteiger partial charge in [-0.25, -0.2) is 0 Å². The lowest BCUT2D eigenvalue weighted by molar-refractivity contribution is -0.385. The molecule has 1 amide bonds. The highest BCUT2D eigenvalue weighted by molar-refractivity contribution is 5.91. The standard InChI is InChI=1S/C13H17N3O4/c1-20-12-3-2-10(7-11(12)16(18)19)15-13(17)6-9-4-5-14-8-9/h2-3,7,9,14H,4-6,8H2,1H3,(H,15,17). The number of nitrogens with zero attached hydrogens (tertiary/aromatic N) is 1. The summed E-state index contributed by atoms with van der Waals surface area (Å²) < 4.78 is 4.91. The van der Waals surface area contributed by atoms with Crippen LogP contribution in [0.25, 0.3) is 0 Å². The molecule has 1 aliphatic heterocycles. The zero-order chi connectivity index (χ0) is 14.5. The van der Waals surface area contributed by atoms with Crippen LogP contribution in [0, 0.1) is 16.0 Å². The average molecular weight is 279 g/mol. The lowest BCUT2D eigenvalue weighted by Gasteiger charge is -2.10. The van der Waals surface area contributed by atoms with E-state index in [4.69, 9.17) is 4.74 Å². The molecule has 1 aliphatic rings. The molecule has 1 fully saturated rings. The lowest BCUT2D eigenvalue weighted by atomic mass is 10.0. The normalized spacial score (nSPS) is 17.8. The van der Waals surface area contributed by atoms with Crippen molar-refractivity contribution in [2.24, 2.45) is 5.92 Å². The Hall–Kier alpha value is -2.15. The molecular formula is C13H17N3O4. The fourth-order valence-electron chi connectivity index (χ4n) is 2.27. The zero-order valence-corrected chi connectivity index (χ0v) is 11.2. The highest BCUT2D eigenvalue weighted by Gasteiger charge is 2.19. The molecular weight excluding hydrogens is 262 g/mol. The molecule has 1 saturated heterocycles. The van der Waals surface area contributed by atoms with Gasteiger partial charge in [0.25, 0.3) is 0 Å². The molecule has 1 heterocycles. The van der Waals surface area contributed by atoms with Crippen LogP contribution in [0.2, 0.25) is 0 Å². The number of carbonyl (C=O) groups excluding carboxylic acids is 1. The Kier molecular flexibility index (Phi) is 4.52. The van der Waals surface area contributed by atoms with E-state index in [2.05, 4.69) is 10.6 Å². The molecule has 1 atom stereocenters. The van der Waals surface area contributed by atoms with Crippen molar-refractivity contribution in [3.05, 3.63) is 28.3 Å². The van der Waals surface area contributed by atoms with Crippen LogP contribution in [0.5, 0.6) is 5.75 Å². The second kappa shape index (κ2) is 6.33. The quantitative estimate of drug-likeness (QED) is 0.630. The maximum atomic E-state index is 11.9. The Morgan fingerprint density at radius 1 is 1.60 bits per heavy atom. The van der Waals surface area contributed by atoms with Gasteiger partial charge in [-0.1, -0.05) is 0 Å². The van der Waals surface area contributed by atoms with E-state index in [1.165, 1.54) is 19.2 Å². The van der Waals surface area contributed by atoms with Crippen LogP contribution in [0.4, 0.5) is 11.4 Å². The Bertz CT molecular complexity index is 512. The van der Waals surface area contributed by atoms with E-state index >= 15 is 0 Å². The Balaban J connectivity index is 2.03. The summed E-state index contributed by atoms with van der Waals surface area (Å²) >= 11 is 0. The minimum absolute atomic E-state index is 0.127. The fraction of sp³-hybridized carbons (Fsp3) is 0.462. The number of nitro benzene ring substituents is 1. The summed E-state index contributed by atoms with van der Waals surface area (Å²) in [6.45, 7) is 1.78. The van der Waals surface area contributed by atoms with Crippen LogP contribution >= 0.6 is 0 Å². The Morgan fingerprint density at radius 3 is 3.00 bits per heavy atom. The average Bonchev–Trinajstić information content (AvgIpc) is 2.91. The minimum Gasteiger partial charge on any atom is -0.490 e. The van der Waals surface area contributed by atoms with Gasteiger partial charge in [0.05, 0.1) is 12.0 Å². The van der Waals surface area contributed by atoms with Gasteiger partial charge in [-0.15, -0.1) is 0 Å². The molecule has 20 heavy (non-hydrogen) atoms. The summed E-state index contributed by atoms with van der Waals surface area (Å²) in [6.07, 6.45) is 1.41. The highest BCUT2D eigenvalue weighted by atomic mass is 16.6. The number of anilines is 1. The summed E-state index contributed by atoms with van der Waals surface area (Å²) in [5, 5.41) is 16.8. The monoisotopic (exact) mass is 279 g/mol. The van der Waals surface area contributed by atoms with E-state index in [1.54, 1.807) is 6.07 Å². The third-order valence-corrected chi connectivity index (χ3v) is 3.30. The van der Waals surface area contributed by atoms with Crippen molar-refractivity contribution < 1.29 is 14.5 Å². The van der Waals surface area contributed by atoms with Crippen molar-refractivity contribution in [2.45, 2.75) is 12.8 Å². The van der Waals surface area contributed by atoms with E-state index in [1.807, 2.05) is 0 Å². The molecule has 7 nitrogen and oxygen atoms in total. The van der Waals surface area contributed by atoms with E-state index in [0.717, 1.165) is 19.5 Å². The van der Waals surface area contributed by atoms with Crippen LogP contribution in [0.1, 0.15) is 12.8 Å². The van der Waals surface area contributed by atoms with Gasteiger partial charge in [0.2, 0.25) is 5.91 Å². The van der Waals surface area contributed by atoms with Gasteiger partial charge in [0, 0.05) is 18.2 Å². The van der Waals surface area contributed by atoms with Crippen LogP contribution < -0.4 is 15.4 Å². The van der Waals surface area contributed by atoms with Crippen molar-refractivity contribution in [3.63, 3.8) is 0 Å². The van der Waals surface area contributed by atoms with Gasteiger partial charge >= 0.3 is 5.69 Å². The molecule has 0 saturated carbocycles. The number of ether oxygens (including phenoxy) is 1. The molecule has 0 aliphatic carbocycles. The number of nitrogens with one attached hydrogen (secondary N) is 2. The summed E-state index contributed by atoms with van der Waals surface area (Å²) in [5.74, 6) is 0.384. The van der Waals surface area contributed by atoms with Crippen LogP contribution in [0.3, 0.4) is 0 Å². The Labute approximate surface area is 116 Å². The van der Waals surface area contributed by atoms with Gasteiger partial charge in [0.1, 0.15) is 0 Å². The predicted octanol–water partition coefficient (Wildman–Crippen LogP) is 1.54. The molecule has 108 valence electrons. The first kappa shape index (κ1) is 14.3. The van der Waals surface area contributed by atoms with Crippen LogP contribution in [0.15, 0.2) is 18.2 Å². The summed E-state index contributed by atoms with van der Waals surface area (Å²) in [6, 6.07) is 4.38.